The molecule has 0 unspecified atom stereocenters. The van der Waals surface area contributed by atoms with Crippen molar-refractivity contribution in [3.63, 3.8) is 0 Å². The highest BCUT2D eigenvalue weighted by molar-refractivity contribution is 8.00. The van der Waals surface area contributed by atoms with E-state index in [2.05, 4.69) is 16.4 Å². The minimum absolute atomic E-state index is 0.0482. The molecule has 0 fully saturated rings. The van der Waals surface area contributed by atoms with Crippen molar-refractivity contribution in [3.8, 4) is 6.07 Å². The first kappa shape index (κ1) is 18.5. The summed E-state index contributed by atoms with van der Waals surface area (Å²) in [5.41, 5.74) is 8.30. The standard InChI is InChI=1S/C17H18N4O3S/c1-9-10(2)13(6-18)17(21-11(9)3)25-8-15(22)20-7-12-4-5-14(24-12)16(19)23/h4-5H,7-8H2,1-3H3,(H2,19,23)(H,20,22). The fraction of sp³-hybridized carbons (Fsp3) is 0.294. The van der Waals surface area contributed by atoms with Gasteiger partial charge in [0.25, 0.3) is 5.91 Å². The number of nitriles is 1. The fourth-order valence-electron chi connectivity index (χ4n) is 2.12. The molecule has 8 heteroatoms. The van der Waals surface area contributed by atoms with Crippen molar-refractivity contribution < 1.29 is 14.0 Å². The number of carbonyl (C=O) groups excluding carboxylic acids is 2. The van der Waals surface area contributed by atoms with Crippen LogP contribution in [0.5, 0.6) is 0 Å². The maximum atomic E-state index is 12.0. The van der Waals surface area contributed by atoms with E-state index >= 15 is 0 Å². The monoisotopic (exact) mass is 358 g/mol. The molecule has 2 aromatic rings. The molecular weight excluding hydrogens is 340 g/mol. The van der Waals surface area contributed by atoms with Gasteiger partial charge in [-0.25, -0.2) is 4.98 Å². The first-order valence-corrected chi connectivity index (χ1v) is 8.48. The van der Waals surface area contributed by atoms with Crippen LogP contribution in [0.25, 0.3) is 0 Å². The van der Waals surface area contributed by atoms with Crippen molar-refractivity contribution >= 4 is 23.6 Å². The zero-order valence-corrected chi connectivity index (χ0v) is 15.0. The first-order chi connectivity index (χ1) is 11.8. The largest absolute Gasteiger partial charge is 0.454 e. The van der Waals surface area contributed by atoms with Crippen LogP contribution in [0.3, 0.4) is 0 Å². The van der Waals surface area contributed by atoms with Gasteiger partial charge in [0.2, 0.25) is 5.91 Å². The Hall–Kier alpha value is -2.79. The lowest BCUT2D eigenvalue weighted by molar-refractivity contribution is -0.118. The number of amides is 2. The lowest BCUT2D eigenvalue weighted by atomic mass is 10.1. The second-order valence-electron chi connectivity index (χ2n) is 5.43. The Bertz CT molecular complexity index is 868. The number of nitrogens with zero attached hydrogens (tertiary/aromatic N) is 2. The van der Waals surface area contributed by atoms with Crippen LogP contribution < -0.4 is 11.1 Å². The predicted molar refractivity (Wildman–Crippen MR) is 93.0 cm³/mol. The lowest BCUT2D eigenvalue weighted by Crippen LogP contribution is -2.24. The van der Waals surface area contributed by atoms with E-state index in [0.29, 0.717) is 16.3 Å². The third kappa shape index (κ3) is 4.39. The number of aryl methyl sites for hydroxylation is 1. The van der Waals surface area contributed by atoms with E-state index in [1.54, 1.807) is 6.07 Å². The Morgan fingerprint density at radius 1 is 1.32 bits per heavy atom. The number of hydrogen-bond donors (Lipinski definition) is 2. The van der Waals surface area contributed by atoms with Crippen LogP contribution in [0, 0.1) is 32.1 Å². The molecule has 25 heavy (non-hydrogen) atoms. The van der Waals surface area contributed by atoms with Crippen molar-refractivity contribution in [1.82, 2.24) is 10.3 Å². The maximum absolute atomic E-state index is 12.0. The van der Waals surface area contributed by atoms with Crippen LogP contribution in [-0.2, 0) is 11.3 Å². The van der Waals surface area contributed by atoms with Gasteiger partial charge in [0.15, 0.2) is 5.76 Å². The second kappa shape index (κ2) is 7.85. The molecule has 0 aliphatic rings. The van der Waals surface area contributed by atoms with Gasteiger partial charge in [-0.3, -0.25) is 9.59 Å². The molecule has 7 nitrogen and oxygen atoms in total. The summed E-state index contributed by atoms with van der Waals surface area (Å²) < 4.78 is 5.19. The van der Waals surface area contributed by atoms with Crippen LogP contribution in [0.15, 0.2) is 21.6 Å². The van der Waals surface area contributed by atoms with Crippen LogP contribution in [0.1, 0.15) is 38.7 Å². The maximum Gasteiger partial charge on any atom is 0.284 e. The van der Waals surface area contributed by atoms with Gasteiger partial charge >= 0.3 is 0 Å². The molecule has 0 saturated heterocycles. The molecule has 0 bridgehead atoms. The molecular formula is C17H18N4O3S. The highest BCUT2D eigenvalue weighted by Gasteiger charge is 2.14. The normalized spacial score (nSPS) is 10.3. The molecule has 0 aromatic carbocycles. The summed E-state index contributed by atoms with van der Waals surface area (Å²) in [5, 5.41) is 12.6. The van der Waals surface area contributed by atoms with E-state index in [1.807, 2.05) is 20.8 Å². The molecule has 0 atom stereocenters. The van der Waals surface area contributed by atoms with Crippen LogP contribution in [0.4, 0.5) is 0 Å². The Morgan fingerprint density at radius 2 is 2.04 bits per heavy atom. The molecule has 3 N–H and O–H groups in total. The summed E-state index contributed by atoms with van der Waals surface area (Å²) in [4.78, 5) is 27.4. The number of nitrogens with one attached hydrogen (secondary N) is 1. The van der Waals surface area contributed by atoms with Gasteiger partial charge in [0, 0.05) is 5.69 Å². The molecule has 0 aliphatic heterocycles. The van der Waals surface area contributed by atoms with E-state index in [1.165, 1.54) is 17.8 Å². The molecule has 2 amide bonds. The predicted octanol–water partition coefficient (Wildman–Crippen LogP) is 1.98. The Balaban J connectivity index is 1.96. The number of pyridine rings is 1. The lowest BCUT2D eigenvalue weighted by Gasteiger charge is -2.11. The number of nitrogens with two attached hydrogens (primary N) is 1. The van der Waals surface area contributed by atoms with Crippen molar-refractivity contribution in [2.45, 2.75) is 32.3 Å². The van der Waals surface area contributed by atoms with Crippen molar-refractivity contribution in [1.29, 1.82) is 5.26 Å². The number of carbonyl (C=O) groups is 2. The van der Waals surface area contributed by atoms with E-state index in [0.717, 1.165) is 16.8 Å². The molecule has 0 spiro atoms. The van der Waals surface area contributed by atoms with Gasteiger partial charge in [-0.05, 0) is 44.0 Å². The number of aromatic nitrogens is 1. The van der Waals surface area contributed by atoms with E-state index in [-0.39, 0.29) is 24.0 Å². The van der Waals surface area contributed by atoms with E-state index < -0.39 is 5.91 Å². The highest BCUT2D eigenvalue weighted by atomic mass is 32.2. The zero-order valence-electron chi connectivity index (χ0n) is 14.2. The summed E-state index contributed by atoms with van der Waals surface area (Å²) in [6.07, 6.45) is 0. The SMILES string of the molecule is Cc1nc(SCC(=O)NCc2ccc(C(N)=O)o2)c(C#N)c(C)c1C. The first-order valence-electron chi connectivity index (χ1n) is 7.49. The molecule has 2 aromatic heterocycles. The molecule has 0 aliphatic carbocycles. The molecule has 2 rings (SSSR count). The van der Waals surface area contributed by atoms with Gasteiger partial charge in [-0.15, -0.1) is 0 Å². The Morgan fingerprint density at radius 3 is 2.64 bits per heavy atom. The van der Waals surface area contributed by atoms with Crippen molar-refractivity contribution in [2.75, 3.05) is 5.75 Å². The minimum Gasteiger partial charge on any atom is -0.454 e. The summed E-state index contributed by atoms with van der Waals surface area (Å²) in [7, 11) is 0. The van der Waals surface area contributed by atoms with Gasteiger partial charge in [-0.1, -0.05) is 11.8 Å². The second-order valence-corrected chi connectivity index (χ2v) is 6.40. The summed E-state index contributed by atoms with van der Waals surface area (Å²) in [5.74, 6) is -0.290. The van der Waals surface area contributed by atoms with Crippen molar-refractivity contribution in [3.05, 3.63) is 46.0 Å². The van der Waals surface area contributed by atoms with Crippen LogP contribution >= 0.6 is 11.8 Å². The van der Waals surface area contributed by atoms with Gasteiger partial charge in [0.1, 0.15) is 16.9 Å². The van der Waals surface area contributed by atoms with Gasteiger partial charge in [0.05, 0.1) is 17.9 Å². The quantitative estimate of drug-likeness (QED) is 0.761. The fourth-order valence-corrected chi connectivity index (χ4v) is 3.04. The van der Waals surface area contributed by atoms with Gasteiger partial charge in [-0.2, -0.15) is 5.26 Å². The summed E-state index contributed by atoms with van der Waals surface area (Å²) in [6.45, 7) is 5.82. The van der Waals surface area contributed by atoms with Crippen LogP contribution in [0.2, 0.25) is 0 Å². The van der Waals surface area contributed by atoms with Gasteiger partial charge < -0.3 is 15.5 Å². The number of rotatable bonds is 6. The van der Waals surface area contributed by atoms with Crippen molar-refractivity contribution in [2.24, 2.45) is 5.73 Å². The molecule has 0 radical (unpaired) electrons. The average molecular weight is 358 g/mol. The number of primary amides is 1. The number of hydrogen-bond acceptors (Lipinski definition) is 6. The zero-order chi connectivity index (χ0) is 18.6. The van der Waals surface area contributed by atoms with E-state index in [4.69, 9.17) is 10.2 Å². The minimum atomic E-state index is -0.659. The Kier molecular flexibility index (Phi) is 5.83. The smallest absolute Gasteiger partial charge is 0.284 e. The third-order valence-electron chi connectivity index (χ3n) is 3.78. The number of thioether (sulfide) groups is 1. The molecule has 0 saturated carbocycles. The molecule has 2 heterocycles. The average Bonchev–Trinajstić information content (AvgIpc) is 3.05. The summed E-state index contributed by atoms with van der Waals surface area (Å²) >= 11 is 1.21. The highest BCUT2D eigenvalue weighted by Crippen LogP contribution is 2.26. The topological polar surface area (TPSA) is 122 Å². The molecule has 130 valence electrons. The Labute approximate surface area is 149 Å². The van der Waals surface area contributed by atoms with E-state index in [9.17, 15) is 14.9 Å². The summed E-state index contributed by atoms with van der Waals surface area (Å²) in [6, 6.07) is 5.19. The number of furan rings is 1. The third-order valence-corrected chi connectivity index (χ3v) is 4.75. The van der Waals surface area contributed by atoms with Crippen LogP contribution in [-0.4, -0.2) is 22.6 Å².